The van der Waals surface area contributed by atoms with Gasteiger partial charge >= 0.3 is 0 Å². The van der Waals surface area contributed by atoms with E-state index in [1.54, 1.807) is 0 Å². The van der Waals surface area contributed by atoms with Crippen LogP contribution < -0.4 is 5.32 Å². The quantitative estimate of drug-likeness (QED) is 0.789. The summed E-state index contributed by atoms with van der Waals surface area (Å²) < 4.78 is 4.23. The van der Waals surface area contributed by atoms with Gasteiger partial charge in [0.1, 0.15) is 5.82 Å². The average Bonchev–Trinajstić information content (AvgIpc) is 2.67. The molecule has 0 atom stereocenters. The van der Waals surface area contributed by atoms with E-state index in [1.165, 1.54) is 24.4 Å². The van der Waals surface area contributed by atoms with Crippen molar-refractivity contribution < 1.29 is 0 Å². The zero-order chi connectivity index (χ0) is 10.4. The van der Waals surface area contributed by atoms with Crippen LogP contribution in [0.3, 0.4) is 0 Å². The Morgan fingerprint density at radius 3 is 2.50 bits per heavy atom. The van der Waals surface area contributed by atoms with Crippen LogP contribution in [0.25, 0.3) is 0 Å². The molecule has 3 nitrogen and oxygen atoms in total. The topological polar surface area (TPSA) is 37.8 Å². The molecule has 1 heterocycles. The van der Waals surface area contributed by atoms with Gasteiger partial charge in [-0.05, 0) is 5.92 Å². The first kappa shape index (κ1) is 11.4. The lowest BCUT2D eigenvalue weighted by Gasteiger charge is -2.11. The molecule has 0 spiro atoms. The molecule has 0 aliphatic rings. The Bertz CT molecular complexity index is 256. The monoisotopic (exact) mass is 213 g/mol. The molecule has 80 valence electrons. The largest absolute Gasteiger partial charge is 0.360 e. The molecule has 1 aromatic heterocycles. The van der Waals surface area contributed by atoms with Gasteiger partial charge in [0, 0.05) is 24.5 Å². The van der Waals surface area contributed by atoms with Crippen molar-refractivity contribution in [3.8, 4) is 0 Å². The summed E-state index contributed by atoms with van der Waals surface area (Å²) in [4.78, 5) is 4.37. The highest BCUT2D eigenvalue weighted by molar-refractivity contribution is 7.09. The van der Waals surface area contributed by atoms with Gasteiger partial charge in [0.25, 0.3) is 0 Å². The molecule has 0 saturated heterocycles. The van der Waals surface area contributed by atoms with Gasteiger partial charge in [0.2, 0.25) is 5.13 Å². The van der Waals surface area contributed by atoms with Gasteiger partial charge in [0.05, 0.1) is 0 Å². The first-order valence-electron chi connectivity index (χ1n) is 5.36. The van der Waals surface area contributed by atoms with E-state index in [4.69, 9.17) is 0 Å². The number of nitrogens with zero attached hydrogens (tertiary/aromatic N) is 2. The normalized spacial score (nSPS) is 10.9. The number of hydrogen-bond donors (Lipinski definition) is 1. The third kappa shape index (κ3) is 3.25. The van der Waals surface area contributed by atoms with Crippen LogP contribution in [-0.4, -0.2) is 15.9 Å². The number of hydrogen-bond acceptors (Lipinski definition) is 4. The first-order chi connectivity index (χ1) is 6.80. The minimum absolute atomic E-state index is 0.754. The third-order valence-corrected chi connectivity index (χ3v) is 3.19. The molecule has 14 heavy (non-hydrogen) atoms. The van der Waals surface area contributed by atoms with E-state index in [1.807, 2.05) is 0 Å². The average molecular weight is 213 g/mol. The van der Waals surface area contributed by atoms with Crippen molar-refractivity contribution in [1.82, 2.24) is 9.36 Å². The van der Waals surface area contributed by atoms with Gasteiger partial charge in [-0.25, -0.2) is 4.98 Å². The number of anilines is 1. The maximum absolute atomic E-state index is 4.37. The van der Waals surface area contributed by atoms with Gasteiger partial charge in [-0.1, -0.05) is 33.6 Å². The molecule has 0 aliphatic carbocycles. The lowest BCUT2D eigenvalue weighted by molar-refractivity contribution is 0.519. The summed E-state index contributed by atoms with van der Waals surface area (Å²) in [6, 6.07) is 0. The fraction of sp³-hybridized carbons (Fsp3) is 0.800. The number of rotatable bonds is 6. The van der Waals surface area contributed by atoms with Crippen molar-refractivity contribution in [2.75, 3.05) is 11.9 Å². The summed E-state index contributed by atoms with van der Waals surface area (Å²) in [5.41, 5.74) is 0. The maximum Gasteiger partial charge on any atom is 0.202 e. The van der Waals surface area contributed by atoms with E-state index in [2.05, 4.69) is 35.4 Å². The van der Waals surface area contributed by atoms with E-state index < -0.39 is 0 Å². The fourth-order valence-electron chi connectivity index (χ4n) is 1.28. The van der Waals surface area contributed by atoms with Crippen LogP contribution in [0.1, 0.15) is 39.4 Å². The van der Waals surface area contributed by atoms with Crippen LogP contribution in [0.2, 0.25) is 0 Å². The third-order valence-electron chi connectivity index (χ3n) is 2.48. The van der Waals surface area contributed by atoms with Crippen molar-refractivity contribution >= 4 is 16.7 Å². The second-order valence-electron chi connectivity index (χ2n) is 3.43. The highest BCUT2D eigenvalue weighted by atomic mass is 32.1. The molecule has 1 rings (SSSR count). The summed E-state index contributed by atoms with van der Waals surface area (Å²) in [6.07, 6.45) is 3.37. The number of aryl methyl sites for hydroxylation is 1. The molecule has 0 saturated carbocycles. The van der Waals surface area contributed by atoms with Crippen molar-refractivity contribution in [3.05, 3.63) is 5.82 Å². The van der Waals surface area contributed by atoms with Crippen LogP contribution in [-0.2, 0) is 6.42 Å². The summed E-state index contributed by atoms with van der Waals surface area (Å²) >= 11 is 1.46. The van der Waals surface area contributed by atoms with Gasteiger partial charge < -0.3 is 5.32 Å². The van der Waals surface area contributed by atoms with Crippen molar-refractivity contribution in [1.29, 1.82) is 0 Å². The predicted molar refractivity (Wildman–Crippen MR) is 61.8 cm³/mol. The number of nitrogens with one attached hydrogen (secondary N) is 1. The van der Waals surface area contributed by atoms with E-state index in [-0.39, 0.29) is 0 Å². The minimum atomic E-state index is 0.754. The Morgan fingerprint density at radius 1 is 1.29 bits per heavy atom. The lowest BCUT2D eigenvalue weighted by Crippen LogP contribution is -2.12. The second-order valence-corrected chi connectivity index (χ2v) is 4.18. The van der Waals surface area contributed by atoms with E-state index in [0.29, 0.717) is 0 Å². The second kappa shape index (κ2) is 5.96. The summed E-state index contributed by atoms with van der Waals surface area (Å²) in [5.74, 6) is 1.70. The van der Waals surface area contributed by atoms with Gasteiger partial charge in [-0.2, -0.15) is 4.37 Å². The Kier molecular flexibility index (Phi) is 4.87. The highest BCUT2D eigenvalue weighted by Gasteiger charge is 2.05. The smallest absolute Gasteiger partial charge is 0.202 e. The Morgan fingerprint density at radius 2 is 2.00 bits per heavy atom. The standard InChI is InChI=1S/C10H19N3S/c1-4-8(5-2)7-11-10-12-9(6-3)13-14-10/h8H,4-7H2,1-3H3,(H,11,12,13). The van der Waals surface area contributed by atoms with E-state index in [0.717, 1.165) is 29.8 Å². The first-order valence-corrected chi connectivity index (χ1v) is 6.13. The lowest BCUT2D eigenvalue weighted by atomic mass is 10.0. The molecule has 0 aliphatic heterocycles. The summed E-state index contributed by atoms with van der Waals surface area (Å²) in [7, 11) is 0. The minimum Gasteiger partial charge on any atom is -0.360 e. The van der Waals surface area contributed by atoms with Gasteiger partial charge in [-0.15, -0.1) is 0 Å². The van der Waals surface area contributed by atoms with Gasteiger partial charge in [-0.3, -0.25) is 0 Å². The fourth-order valence-corrected chi connectivity index (χ4v) is 1.93. The van der Waals surface area contributed by atoms with Crippen LogP contribution in [0, 0.1) is 5.92 Å². The van der Waals surface area contributed by atoms with Crippen LogP contribution in [0.15, 0.2) is 0 Å². The van der Waals surface area contributed by atoms with Crippen LogP contribution in [0.4, 0.5) is 5.13 Å². The Balaban J connectivity index is 2.37. The van der Waals surface area contributed by atoms with E-state index >= 15 is 0 Å². The number of aromatic nitrogens is 2. The molecule has 0 unspecified atom stereocenters. The summed E-state index contributed by atoms with van der Waals surface area (Å²) in [6.45, 7) is 7.55. The SMILES string of the molecule is CCc1nsc(NCC(CC)CC)n1. The van der Waals surface area contributed by atoms with Gasteiger partial charge in [0.15, 0.2) is 0 Å². The maximum atomic E-state index is 4.37. The molecule has 0 amide bonds. The van der Waals surface area contributed by atoms with Crippen molar-refractivity contribution in [2.24, 2.45) is 5.92 Å². The van der Waals surface area contributed by atoms with Crippen molar-refractivity contribution in [2.45, 2.75) is 40.0 Å². The Hall–Kier alpha value is -0.640. The molecule has 1 N–H and O–H groups in total. The molecule has 0 radical (unpaired) electrons. The molecular formula is C10H19N3S. The molecule has 0 fully saturated rings. The van der Waals surface area contributed by atoms with E-state index in [9.17, 15) is 0 Å². The molecule has 0 aromatic carbocycles. The summed E-state index contributed by atoms with van der Waals surface area (Å²) in [5, 5.41) is 4.31. The molecule has 4 heteroatoms. The van der Waals surface area contributed by atoms with Crippen molar-refractivity contribution in [3.63, 3.8) is 0 Å². The Labute approximate surface area is 90.1 Å². The molecule has 1 aromatic rings. The zero-order valence-electron chi connectivity index (χ0n) is 9.21. The van der Waals surface area contributed by atoms with Crippen LogP contribution in [0.5, 0.6) is 0 Å². The zero-order valence-corrected chi connectivity index (χ0v) is 10.0. The predicted octanol–water partition coefficient (Wildman–Crippen LogP) is 2.95. The molecular weight excluding hydrogens is 194 g/mol. The highest BCUT2D eigenvalue weighted by Crippen LogP contribution is 2.14. The molecule has 0 bridgehead atoms. The van der Waals surface area contributed by atoms with Crippen LogP contribution >= 0.6 is 11.5 Å².